The SMILES string of the molecule is CCCCCCCCNC(C)c1cc2cc(Br)ccc2o1. The average molecular weight is 352 g/mol. The summed E-state index contributed by atoms with van der Waals surface area (Å²) in [4.78, 5) is 0. The van der Waals surface area contributed by atoms with Crippen molar-refractivity contribution in [2.45, 2.75) is 58.4 Å². The molecule has 1 atom stereocenters. The Morgan fingerprint density at radius 1 is 1.10 bits per heavy atom. The molecule has 0 aliphatic carbocycles. The maximum absolute atomic E-state index is 5.91. The summed E-state index contributed by atoms with van der Waals surface area (Å²) in [6, 6.07) is 8.54. The van der Waals surface area contributed by atoms with E-state index in [1.807, 2.05) is 12.1 Å². The summed E-state index contributed by atoms with van der Waals surface area (Å²) in [5.74, 6) is 1.02. The summed E-state index contributed by atoms with van der Waals surface area (Å²) in [5, 5.41) is 4.72. The minimum Gasteiger partial charge on any atom is -0.459 e. The minimum absolute atomic E-state index is 0.270. The summed E-state index contributed by atoms with van der Waals surface area (Å²) in [6.45, 7) is 5.49. The van der Waals surface area contributed by atoms with Gasteiger partial charge in [-0.25, -0.2) is 0 Å². The molecule has 2 nitrogen and oxygen atoms in total. The van der Waals surface area contributed by atoms with E-state index in [1.165, 1.54) is 38.5 Å². The van der Waals surface area contributed by atoms with Gasteiger partial charge in [-0.3, -0.25) is 0 Å². The van der Waals surface area contributed by atoms with Crippen molar-refractivity contribution in [1.82, 2.24) is 5.32 Å². The molecule has 0 amide bonds. The first kappa shape index (κ1) is 16.6. The Bertz CT molecular complexity index is 549. The van der Waals surface area contributed by atoms with Crippen LogP contribution in [0.5, 0.6) is 0 Å². The Morgan fingerprint density at radius 2 is 1.86 bits per heavy atom. The number of fused-ring (bicyclic) bond motifs is 1. The molecule has 1 aromatic heterocycles. The highest BCUT2D eigenvalue weighted by Crippen LogP contribution is 2.26. The second kappa shape index (κ2) is 8.60. The molecule has 2 rings (SSSR count). The molecule has 1 heterocycles. The largest absolute Gasteiger partial charge is 0.459 e. The Morgan fingerprint density at radius 3 is 2.67 bits per heavy atom. The molecule has 0 aliphatic rings. The smallest absolute Gasteiger partial charge is 0.134 e. The van der Waals surface area contributed by atoms with Crippen molar-refractivity contribution in [2.75, 3.05) is 6.54 Å². The van der Waals surface area contributed by atoms with Crippen LogP contribution >= 0.6 is 15.9 Å². The first-order valence-corrected chi connectivity index (χ1v) is 8.92. The Kier molecular flexibility index (Phi) is 6.78. The molecule has 3 heteroatoms. The zero-order valence-electron chi connectivity index (χ0n) is 13.1. The molecule has 0 aliphatic heterocycles. The zero-order chi connectivity index (χ0) is 15.1. The van der Waals surface area contributed by atoms with Crippen LogP contribution < -0.4 is 5.32 Å². The molecular formula is C18H26BrNO. The van der Waals surface area contributed by atoms with Gasteiger partial charge in [0.15, 0.2) is 0 Å². The summed E-state index contributed by atoms with van der Waals surface area (Å²) in [5.41, 5.74) is 0.960. The van der Waals surface area contributed by atoms with Gasteiger partial charge in [0.2, 0.25) is 0 Å². The van der Waals surface area contributed by atoms with Crippen molar-refractivity contribution in [3.8, 4) is 0 Å². The van der Waals surface area contributed by atoms with Crippen LogP contribution in [0.1, 0.15) is 64.2 Å². The van der Waals surface area contributed by atoms with E-state index < -0.39 is 0 Å². The quantitative estimate of drug-likeness (QED) is 0.543. The van der Waals surface area contributed by atoms with Crippen molar-refractivity contribution < 1.29 is 4.42 Å². The van der Waals surface area contributed by atoms with Crippen LogP contribution in [0.2, 0.25) is 0 Å². The molecular weight excluding hydrogens is 326 g/mol. The Balaban J connectivity index is 1.75. The summed E-state index contributed by atoms with van der Waals surface area (Å²) < 4.78 is 7.00. The maximum Gasteiger partial charge on any atom is 0.134 e. The molecule has 0 fully saturated rings. The highest BCUT2D eigenvalue weighted by Gasteiger charge is 2.10. The van der Waals surface area contributed by atoms with E-state index in [0.29, 0.717) is 0 Å². The van der Waals surface area contributed by atoms with Gasteiger partial charge in [-0.05, 0) is 44.2 Å². The van der Waals surface area contributed by atoms with E-state index in [2.05, 4.69) is 47.2 Å². The minimum atomic E-state index is 0.270. The lowest BCUT2D eigenvalue weighted by molar-refractivity contribution is 0.443. The third-order valence-corrected chi connectivity index (χ3v) is 4.40. The van der Waals surface area contributed by atoms with E-state index in [1.54, 1.807) is 0 Å². The molecule has 21 heavy (non-hydrogen) atoms. The molecule has 1 aromatic carbocycles. The number of hydrogen-bond donors (Lipinski definition) is 1. The number of nitrogens with one attached hydrogen (secondary N) is 1. The van der Waals surface area contributed by atoms with Crippen molar-refractivity contribution in [3.63, 3.8) is 0 Å². The lowest BCUT2D eigenvalue weighted by Gasteiger charge is -2.10. The van der Waals surface area contributed by atoms with Gasteiger partial charge >= 0.3 is 0 Å². The van der Waals surface area contributed by atoms with Gasteiger partial charge in [0.1, 0.15) is 11.3 Å². The number of hydrogen-bond acceptors (Lipinski definition) is 2. The van der Waals surface area contributed by atoms with Crippen LogP contribution in [0.25, 0.3) is 11.0 Å². The lowest BCUT2D eigenvalue weighted by atomic mass is 10.1. The Hall–Kier alpha value is -0.800. The maximum atomic E-state index is 5.91. The van der Waals surface area contributed by atoms with Crippen LogP contribution in [0.15, 0.2) is 33.2 Å². The number of rotatable bonds is 9. The van der Waals surface area contributed by atoms with E-state index in [4.69, 9.17) is 4.42 Å². The molecule has 0 saturated carbocycles. The topological polar surface area (TPSA) is 25.2 Å². The van der Waals surface area contributed by atoms with Crippen molar-refractivity contribution in [3.05, 3.63) is 34.5 Å². The fraction of sp³-hybridized carbons (Fsp3) is 0.556. The monoisotopic (exact) mass is 351 g/mol. The Labute approximate surface area is 136 Å². The van der Waals surface area contributed by atoms with Gasteiger partial charge in [0, 0.05) is 9.86 Å². The molecule has 0 radical (unpaired) electrons. The number of unbranched alkanes of at least 4 members (excludes halogenated alkanes) is 5. The third-order valence-electron chi connectivity index (χ3n) is 3.91. The second-order valence-electron chi connectivity index (χ2n) is 5.77. The van der Waals surface area contributed by atoms with Gasteiger partial charge in [-0.15, -0.1) is 0 Å². The van der Waals surface area contributed by atoms with Gasteiger partial charge in [0.25, 0.3) is 0 Å². The second-order valence-corrected chi connectivity index (χ2v) is 6.69. The predicted octanol–water partition coefficient (Wildman–Crippen LogP) is 6.21. The van der Waals surface area contributed by atoms with Gasteiger partial charge < -0.3 is 9.73 Å². The fourth-order valence-electron chi connectivity index (χ4n) is 2.57. The molecule has 0 saturated heterocycles. The van der Waals surface area contributed by atoms with Gasteiger partial charge in [-0.1, -0.05) is 55.0 Å². The van der Waals surface area contributed by atoms with Crippen LogP contribution in [0, 0.1) is 0 Å². The van der Waals surface area contributed by atoms with Gasteiger partial charge in [0.05, 0.1) is 6.04 Å². The van der Waals surface area contributed by atoms with Crippen molar-refractivity contribution in [1.29, 1.82) is 0 Å². The standard InChI is InChI=1S/C18H26BrNO/c1-3-4-5-6-7-8-11-20-14(2)18-13-15-12-16(19)9-10-17(15)21-18/h9-10,12-14,20H,3-8,11H2,1-2H3. The van der Waals surface area contributed by atoms with E-state index in [-0.39, 0.29) is 6.04 Å². The van der Waals surface area contributed by atoms with Gasteiger partial charge in [-0.2, -0.15) is 0 Å². The van der Waals surface area contributed by atoms with Crippen LogP contribution in [0.3, 0.4) is 0 Å². The number of halogens is 1. The van der Waals surface area contributed by atoms with E-state index in [0.717, 1.165) is 27.7 Å². The highest BCUT2D eigenvalue weighted by atomic mass is 79.9. The molecule has 1 N–H and O–H groups in total. The average Bonchev–Trinajstić information content (AvgIpc) is 2.89. The van der Waals surface area contributed by atoms with Crippen LogP contribution in [0.4, 0.5) is 0 Å². The van der Waals surface area contributed by atoms with E-state index >= 15 is 0 Å². The number of furan rings is 1. The molecule has 0 spiro atoms. The zero-order valence-corrected chi connectivity index (χ0v) is 14.7. The molecule has 116 valence electrons. The summed E-state index contributed by atoms with van der Waals surface area (Å²) >= 11 is 3.50. The molecule has 1 unspecified atom stereocenters. The first-order valence-electron chi connectivity index (χ1n) is 8.13. The van der Waals surface area contributed by atoms with Crippen LogP contribution in [-0.2, 0) is 0 Å². The lowest BCUT2D eigenvalue weighted by Crippen LogP contribution is -2.19. The predicted molar refractivity (Wildman–Crippen MR) is 93.7 cm³/mol. The van der Waals surface area contributed by atoms with Crippen LogP contribution in [-0.4, -0.2) is 6.54 Å². The van der Waals surface area contributed by atoms with Crippen molar-refractivity contribution >= 4 is 26.9 Å². The molecule has 2 aromatic rings. The summed E-state index contributed by atoms with van der Waals surface area (Å²) in [6.07, 6.45) is 8.01. The highest BCUT2D eigenvalue weighted by molar-refractivity contribution is 9.10. The first-order chi connectivity index (χ1) is 10.2. The van der Waals surface area contributed by atoms with E-state index in [9.17, 15) is 0 Å². The molecule has 0 bridgehead atoms. The fourth-order valence-corrected chi connectivity index (χ4v) is 2.95. The van der Waals surface area contributed by atoms with Crippen molar-refractivity contribution in [2.24, 2.45) is 0 Å². The summed E-state index contributed by atoms with van der Waals surface area (Å²) in [7, 11) is 0. The number of benzene rings is 1. The third kappa shape index (κ3) is 5.15. The normalized spacial score (nSPS) is 12.9.